The molecular weight excluding hydrogens is 371 g/mol. The molecule has 0 amide bonds. The van der Waals surface area contributed by atoms with E-state index < -0.39 is 10.1 Å². The molecule has 0 saturated carbocycles. The van der Waals surface area contributed by atoms with Crippen LogP contribution in [0.25, 0.3) is 10.8 Å². The van der Waals surface area contributed by atoms with Gasteiger partial charge in [-0.25, -0.2) is 0 Å². The number of hydrogen-bond acceptors (Lipinski definition) is 4. The quantitative estimate of drug-likeness (QED) is 0.329. The zero-order valence-corrected chi connectivity index (χ0v) is 19.5. The molecule has 0 heterocycles. The Hall–Kier alpha value is -0.720. The van der Waals surface area contributed by atoms with E-state index in [1.54, 1.807) is 12.1 Å². The second kappa shape index (κ2) is 15.2. The number of rotatable bonds is 11. The molecule has 0 fully saturated rings. The molecule has 27 heavy (non-hydrogen) atoms. The zero-order valence-electron chi connectivity index (χ0n) is 17.7. The molecule has 0 radical (unpaired) electrons. The van der Waals surface area contributed by atoms with Crippen LogP contribution in [0.15, 0.2) is 47.4 Å². The maximum atomic E-state index is 12.4. The van der Waals surface area contributed by atoms with Gasteiger partial charge in [0.2, 0.25) is 0 Å². The first-order chi connectivity index (χ1) is 12.6. The summed E-state index contributed by atoms with van der Waals surface area (Å²) in [6.45, 7) is 4.48. The molecule has 0 N–H and O–H groups in total. The first-order valence-electron chi connectivity index (χ1n) is 9.31. The minimum atomic E-state index is -3.69. The van der Waals surface area contributed by atoms with Gasteiger partial charge in [-0.05, 0) is 17.9 Å². The van der Waals surface area contributed by atoms with Crippen LogP contribution in [0.2, 0.25) is 0 Å². The zero-order chi connectivity index (χ0) is 19.3. The smallest absolute Gasteiger partial charge is 1.00 e. The average molecular weight is 403 g/mol. The van der Waals surface area contributed by atoms with Crippen molar-refractivity contribution in [2.24, 2.45) is 0 Å². The summed E-state index contributed by atoms with van der Waals surface area (Å²) < 4.78 is 30.1. The van der Waals surface area contributed by atoms with E-state index in [9.17, 15) is 8.42 Å². The van der Waals surface area contributed by atoms with E-state index in [0.717, 1.165) is 30.0 Å². The maximum Gasteiger partial charge on any atom is 1.00 e. The Balaban J connectivity index is 0. The van der Waals surface area contributed by atoms with Crippen LogP contribution in [0.1, 0.15) is 59.7 Å². The van der Waals surface area contributed by atoms with Crippen LogP contribution in [-0.4, -0.2) is 21.8 Å². The first-order valence-corrected chi connectivity index (χ1v) is 10.7. The van der Waals surface area contributed by atoms with Crippen LogP contribution < -0.4 is 29.6 Å². The van der Waals surface area contributed by atoms with Crippen molar-refractivity contribution in [3.05, 3.63) is 42.5 Å². The number of fused-ring (bicyclic) bond motifs is 1. The second-order valence-electron chi connectivity index (χ2n) is 6.23. The fraction of sp³-hybridized carbons (Fsp3) is 0.476. The van der Waals surface area contributed by atoms with Crippen molar-refractivity contribution in [1.29, 1.82) is 0 Å². The van der Waals surface area contributed by atoms with E-state index in [2.05, 4.69) is 6.92 Å². The molecule has 146 valence electrons. The Bertz CT molecular complexity index is 748. The molecule has 6 heteroatoms. The summed E-state index contributed by atoms with van der Waals surface area (Å²) in [7, 11) is -3.69. The minimum absolute atomic E-state index is 0. The Kier molecular flexibility index (Phi) is 14.8. The summed E-state index contributed by atoms with van der Waals surface area (Å²) in [5.74, 6) is 0. The minimum Gasteiger partial charge on any atom is -1.00 e. The summed E-state index contributed by atoms with van der Waals surface area (Å²) in [5, 5.41) is 1.63. The van der Waals surface area contributed by atoms with Crippen molar-refractivity contribution < 1.29 is 48.4 Å². The third kappa shape index (κ3) is 9.35. The summed E-state index contributed by atoms with van der Waals surface area (Å²) >= 11 is 0. The van der Waals surface area contributed by atoms with Crippen molar-refractivity contribution in [2.75, 3.05) is 6.61 Å². The maximum absolute atomic E-state index is 12.4. The number of hydrogen-bond donors (Lipinski definition) is 0. The van der Waals surface area contributed by atoms with E-state index in [0.29, 0.717) is 0 Å². The van der Waals surface area contributed by atoms with Gasteiger partial charge >= 0.3 is 29.6 Å². The van der Waals surface area contributed by atoms with Crippen molar-refractivity contribution in [3.63, 3.8) is 0 Å². The molecule has 0 aliphatic heterocycles. The topological polar surface area (TPSA) is 60.4 Å². The SMILES string of the molecule is C=O.CCCCCCCCCCOS(=O)(=O)c1cccc2ccccc12.[H-].[Na+]. The van der Waals surface area contributed by atoms with E-state index >= 15 is 0 Å². The molecule has 0 unspecified atom stereocenters. The summed E-state index contributed by atoms with van der Waals surface area (Å²) in [4.78, 5) is 8.26. The number of carbonyl (C=O) groups excluding carboxylic acids is 1. The van der Waals surface area contributed by atoms with Crippen LogP contribution in [0.3, 0.4) is 0 Å². The van der Waals surface area contributed by atoms with Crippen molar-refractivity contribution in [3.8, 4) is 0 Å². The van der Waals surface area contributed by atoms with Crippen LogP contribution in [-0.2, 0) is 19.1 Å². The van der Waals surface area contributed by atoms with E-state index in [4.69, 9.17) is 8.98 Å². The molecule has 2 aromatic rings. The molecule has 0 aliphatic rings. The van der Waals surface area contributed by atoms with Crippen molar-refractivity contribution in [2.45, 2.75) is 63.2 Å². The Morgan fingerprint density at radius 2 is 1.41 bits per heavy atom. The van der Waals surface area contributed by atoms with Crippen molar-refractivity contribution in [1.82, 2.24) is 0 Å². The van der Waals surface area contributed by atoms with Crippen LogP contribution in [0.4, 0.5) is 0 Å². The predicted octanol–water partition coefficient (Wildman–Crippen LogP) is 2.62. The van der Waals surface area contributed by atoms with Gasteiger partial charge in [0, 0.05) is 5.39 Å². The Morgan fingerprint density at radius 1 is 0.852 bits per heavy atom. The fourth-order valence-corrected chi connectivity index (χ4v) is 4.05. The molecule has 0 atom stereocenters. The molecule has 2 rings (SSSR count). The van der Waals surface area contributed by atoms with Crippen LogP contribution in [0, 0.1) is 0 Å². The van der Waals surface area contributed by atoms with Gasteiger partial charge in [-0.3, -0.25) is 4.18 Å². The number of benzene rings is 2. The monoisotopic (exact) mass is 402 g/mol. The van der Waals surface area contributed by atoms with Gasteiger partial charge in [-0.15, -0.1) is 0 Å². The third-order valence-electron chi connectivity index (χ3n) is 4.26. The molecule has 2 aromatic carbocycles. The Labute approximate surface area is 187 Å². The molecule has 0 aromatic heterocycles. The first kappa shape index (κ1) is 26.3. The molecule has 0 aliphatic carbocycles. The van der Waals surface area contributed by atoms with Gasteiger partial charge < -0.3 is 6.22 Å². The van der Waals surface area contributed by atoms with Gasteiger partial charge in [-0.1, -0.05) is 88.3 Å². The van der Waals surface area contributed by atoms with Crippen molar-refractivity contribution >= 4 is 27.7 Å². The van der Waals surface area contributed by atoms with E-state index in [-0.39, 0.29) is 42.5 Å². The summed E-state index contributed by atoms with van der Waals surface area (Å²) in [6, 6.07) is 12.8. The fourth-order valence-electron chi connectivity index (χ4n) is 2.88. The van der Waals surface area contributed by atoms with Gasteiger partial charge in [0.05, 0.1) is 6.61 Å². The summed E-state index contributed by atoms with van der Waals surface area (Å²) in [6.07, 6.45) is 9.37. The van der Waals surface area contributed by atoms with E-state index in [1.807, 2.05) is 37.1 Å². The molecule has 0 saturated heterocycles. The average Bonchev–Trinajstić information content (AvgIpc) is 2.68. The predicted molar refractivity (Wildman–Crippen MR) is 108 cm³/mol. The van der Waals surface area contributed by atoms with Gasteiger partial charge in [0.15, 0.2) is 0 Å². The van der Waals surface area contributed by atoms with Crippen LogP contribution >= 0.6 is 0 Å². The van der Waals surface area contributed by atoms with Crippen LogP contribution in [0.5, 0.6) is 0 Å². The number of unbranched alkanes of at least 4 members (excludes halogenated alkanes) is 7. The molecule has 4 nitrogen and oxygen atoms in total. The largest absolute Gasteiger partial charge is 1.00 e. The van der Waals surface area contributed by atoms with Gasteiger partial charge in [0.1, 0.15) is 11.7 Å². The Morgan fingerprint density at radius 3 is 2.07 bits per heavy atom. The normalized spacial score (nSPS) is 10.7. The number of carbonyl (C=O) groups is 1. The second-order valence-corrected chi connectivity index (χ2v) is 7.81. The molecule has 0 spiro atoms. The third-order valence-corrected chi connectivity index (χ3v) is 5.63. The van der Waals surface area contributed by atoms with Gasteiger partial charge in [-0.2, -0.15) is 8.42 Å². The standard InChI is InChI=1S/C20H28O3S.CH2O.Na.H/c1-2-3-4-5-6-7-8-11-17-23-24(21,22)20-16-12-14-18-13-9-10-15-19(18)20;1-2;;/h9-10,12-16H,2-8,11,17H2,1H3;1H2;;/q;;+1;-1. The molecular formula is C21H31NaO4S. The summed E-state index contributed by atoms with van der Waals surface area (Å²) in [5.41, 5.74) is 0. The van der Waals surface area contributed by atoms with E-state index in [1.165, 1.54) is 32.1 Å². The van der Waals surface area contributed by atoms with Gasteiger partial charge in [0.25, 0.3) is 10.1 Å². The molecule has 0 bridgehead atoms.